The van der Waals surface area contributed by atoms with Crippen molar-refractivity contribution in [1.29, 1.82) is 0 Å². The Morgan fingerprint density at radius 1 is 0.636 bits per heavy atom. The second-order valence-corrected chi connectivity index (χ2v) is 10.6. The van der Waals surface area contributed by atoms with Crippen molar-refractivity contribution in [2.45, 2.75) is 81.6 Å². The summed E-state index contributed by atoms with van der Waals surface area (Å²) in [6.07, 6.45) is 1.56. The van der Waals surface area contributed by atoms with E-state index in [1.54, 1.807) is 12.1 Å². The molecule has 0 radical (unpaired) electrons. The maximum absolute atomic E-state index is 13.6. The molecule has 16 heteroatoms. The third-order valence-corrected chi connectivity index (χ3v) is 7.02. The lowest BCUT2D eigenvalue weighted by molar-refractivity contribution is -0.135. The molecule has 2 rings (SSSR count). The van der Waals surface area contributed by atoms with E-state index >= 15 is 0 Å². The first kappa shape index (κ1) is 35.9. The van der Waals surface area contributed by atoms with Crippen molar-refractivity contribution in [3.63, 3.8) is 0 Å². The number of carbonyl (C=O) groups is 6. The fourth-order valence-corrected chi connectivity index (χ4v) is 4.57. The zero-order valence-electron chi connectivity index (χ0n) is 24.6. The van der Waals surface area contributed by atoms with Gasteiger partial charge in [0.1, 0.15) is 36.0 Å². The molecule has 1 aliphatic heterocycles. The minimum absolute atomic E-state index is 0.0151. The summed E-state index contributed by atoms with van der Waals surface area (Å²) in [5.74, 6) is -5.10. The fourth-order valence-electron chi connectivity index (χ4n) is 4.57. The molecule has 244 valence electrons. The molecule has 0 aliphatic carbocycles. The summed E-state index contributed by atoms with van der Waals surface area (Å²) in [4.78, 5) is 78.4. The fraction of sp³-hybridized carbons (Fsp3) is 0.571. The number of nitrogens with one attached hydrogen (secondary N) is 5. The molecule has 1 fully saturated rings. The SMILES string of the molecule is NCCCC[C@@H]1NC(=O)[C@H](CCCCN)NC(=O)[C@H](Cc2ccc(O)cc2)NC(=O)[C@H](CO)NC(=O)[C@H](CC(N)=O)NC1=O. The number of primary amides is 1. The molecule has 0 bridgehead atoms. The van der Waals surface area contributed by atoms with E-state index in [-0.39, 0.29) is 25.0 Å². The molecule has 13 N–H and O–H groups in total. The van der Waals surface area contributed by atoms with Crippen LogP contribution in [0, 0.1) is 0 Å². The summed E-state index contributed by atoms with van der Waals surface area (Å²) in [7, 11) is 0. The van der Waals surface area contributed by atoms with Gasteiger partial charge in [0.25, 0.3) is 0 Å². The average Bonchev–Trinajstić information content (AvgIpc) is 2.98. The number of unbranched alkanes of at least 4 members (excludes halogenated alkanes) is 2. The Morgan fingerprint density at radius 2 is 1.05 bits per heavy atom. The van der Waals surface area contributed by atoms with Gasteiger partial charge in [-0.25, -0.2) is 0 Å². The van der Waals surface area contributed by atoms with Crippen LogP contribution in [0.3, 0.4) is 0 Å². The molecule has 6 amide bonds. The molecule has 44 heavy (non-hydrogen) atoms. The first-order chi connectivity index (χ1) is 21.0. The molecule has 0 saturated carbocycles. The number of rotatable bonds is 13. The van der Waals surface area contributed by atoms with Gasteiger partial charge in [0, 0.05) is 6.42 Å². The van der Waals surface area contributed by atoms with Crippen LogP contribution in [0.4, 0.5) is 0 Å². The van der Waals surface area contributed by atoms with Crippen molar-refractivity contribution in [3.05, 3.63) is 29.8 Å². The molecule has 1 aromatic carbocycles. The van der Waals surface area contributed by atoms with E-state index in [9.17, 15) is 39.0 Å². The molecular formula is C28H44N8O8. The number of aliphatic hydroxyl groups is 1. The van der Waals surface area contributed by atoms with E-state index in [0.29, 0.717) is 44.3 Å². The van der Waals surface area contributed by atoms with E-state index < -0.39 is 78.7 Å². The minimum Gasteiger partial charge on any atom is -0.508 e. The number of aromatic hydroxyl groups is 1. The molecule has 0 spiro atoms. The first-order valence-electron chi connectivity index (χ1n) is 14.6. The van der Waals surface area contributed by atoms with Crippen LogP contribution >= 0.6 is 0 Å². The largest absolute Gasteiger partial charge is 0.508 e. The smallest absolute Gasteiger partial charge is 0.245 e. The normalized spacial score (nSPS) is 23.7. The number of nitrogens with two attached hydrogens (primary N) is 3. The predicted octanol–water partition coefficient (Wildman–Crippen LogP) is -3.50. The summed E-state index contributed by atoms with van der Waals surface area (Å²) in [6.45, 7) is -0.207. The van der Waals surface area contributed by atoms with Gasteiger partial charge in [-0.05, 0) is 69.3 Å². The summed E-state index contributed by atoms with van der Waals surface area (Å²) in [5.41, 5.74) is 17.1. The van der Waals surface area contributed by atoms with Crippen LogP contribution in [0.15, 0.2) is 24.3 Å². The van der Waals surface area contributed by atoms with Crippen molar-refractivity contribution in [1.82, 2.24) is 26.6 Å². The van der Waals surface area contributed by atoms with Gasteiger partial charge in [0.15, 0.2) is 0 Å². The average molecular weight is 621 g/mol. The predicted molar refractivity (Wildman–Crippen MR) is 158 cm³/mol. The third kappa shape index (κ3) is 11.8. The molecule has 1 aliphatic rings. The minimum atomic E-state index is -1.57. The van der Waals surface area contributed by atoms with Crippen molar-refractivity contribution < 1.29 is 39.0 Å². The Kier molecular flexibility index (Phi) is 15.0. The summed E-state index contributed by atoms with van der Waals surface area (Å²) in [6, 6.07) is -0.809. The van der Waals surface area contributed by atoms with Gasteiger partial charge in [-0.15, -0.1) is 0 Å². The number of hydrogen-bond donors (Lipinski definition) is 10. The molecule has 16 nitrogen and oxygen atoms in total. The van der Waals surface area contributed by atoms with Crippen molar-refractivity contribution >= 4 is 35.4 Å². The van der Waals surface area contributed by atoms with E-state index in [2.05, 4.69) is 26.6 Å². The molecule has 0 aromatic heterocycles. The number of carbonyl (C=O) groups excluding carboxylic acids is 6. The van der Waals surface area contributed by atoms with Crippen LogP contribution in [0.5, 0.6) is 5.75 Å². The zero-order valence-corrected chi connectivity index (χ0v) is 24.6. The van der Waals surface area contributed by atoms with Crippen molar-refractivity contribution in [2.24, 2.45) is 17.2 Å². The van der Waals surface area contributed by atoms with Gasteiger partial charge in [0.05, 0.1) is 13.0 Å². The van der Waals surface area contributed by atoms with Crippen LogP contribution in [0.2, 0.25) is 0 Å². The standard InChI is InChI=1S/C28H44N8O8/c29-11-3-1-5-18-24(40)32-19(6-2-4-12-30)25(41)35-21(14-23(31)39)27(43)36-22(15-37)28(44)34-20(26(42)33-18)13-16-7-9-17(38)10-8-16/h7-10,18-22,37-38H,1-6,11-15,29-30H2,(H2,31,39)(H,32,40)(H,33,42)(H,34,44)(H,35,41)(H,36,43)/t18-,19-,20-,21-,22-/m0/s1. The Hall–Kier alpha value is -4.28. The molecule has 1 saturated heterocycles. The highest BCUT2D eigenvalue weighted by Gasteiger charge is 2.34. The monoisotopic (exact) mass is 620 g/mol. The summed E-state index contributed by atoms with van der Waals surface area (Å²) >= 11 is 0. The van der Waals surface area contributed by atoms with E-state index in [1.807, 2.05) is 0 Å². The lowest BCUT2D eigenvalue weighted by Crippen LogP contribution is -2.59. The molecule has 1 heterocycles. The first-order valence-corrected chi connectivity index (χ1v) is 14.6. The maximum atomic E-state index is 13.6. The lowest BCUT2D eigenvalue weighted by Gasteiger charge is -2.26. The van der Waals surface area contributed by atoms with E-state index in [1.165, 1.54) is 12.1 Å². The molecule has 0 unspecified atom stereocenters. The number of amides is 6. The maximum Gasteiger partial charge on any atom is 0.245 e. The van der Waals surface area contributed by atoms with E-state index in [4.69, 9.17) is 17.2 Å². The van der Waals surface area contributed by atoms with Gasteiger partial charge in [-0.1, -0.05) is 12.1 Å². The van der Waals surface area contributed by atoms with Crippen LogP contribution in [0.25, 0.3) is 0 Å². The van der Waals surface area contributed by atoms with Crippen LogP contribution in [0.1, 0.15) is 50.5 Å². The number of benzene rings is 1. The van der Waals surface area contributed by atoms with Gasteiger partial charge in [-0.2, -0.15) is 0 Å². The van der Waals surface area contributed by atoms with Crippen molar-refractivity contribution in [3.8, 4) is 5.75 Å². The van der Waals surface area contributed by atoms with E-state index in [0.717, 1.165) is 0 Å². The topological polar surface area (TPSA) is 281 Å². The van der Waals surface area contributed by atoms with Crippen LogP contribution in [-0.4, -0.2) is 95.6 Å². The number of hydrogen-bond acceptors (Lipinski definition) is 10. The van der Waals surface area contributed by atoms with Gasteiger partial charge in [-0.3, -0.25) is 28.8 Å². The second-order valence-electron chi connectivity index (χ2n) is 10.6. The lowest BCUT2D eigenvalue weighted by atomic mass is 10.0. The highest BCUT2D eigenvalue weighted by atomic mass is 16.3. The Bertz CT molecular complexity index is 1150. The Labute approximate surface area is 255 Å². The Balaban J connectivity index is 2.53. The van der Waals surface area contributed by atoms with Crippen LogP contribution < -0.4 is 43.8 Å². The third-order valence-electron chi connectivity index (χ3n) is 7.02. The van der Waals surface area contributed by atoms with Crippen LogP contribution in [-0.2, 0) is 35.2 Å². The summed E-state index contributed by atoms with van der Waals surface area (Å²) < 4.78 is 0. The number of phenols is 1. The van der Waals surface area contributed by atoms with Gasteiger partial charge < -0.3 is 54.0 Å². The highest BCUT2D eigenvalue weighted by molar-refractivity contribution is 5.99. The zero-order chi connectivity index (χ0) is 32.6. The number of aliphatic hydroxyl groups excluding tert-OH is 1. The second kappa shape index (κ2) is 18.4. The molecule has 5 atom stereocenters. The molecule has 1 aromatic rings. The van der Waals surface area contributed by atoms with Gasteiger partial charge >= 0.3 is 0 Å². The Morgan fingerprint density at radius 3 is 1.52 bits per heavy atom. The summed E-state index contributed by atoms with van der Waals surface area (Å²) in [5, 5.41) is 32.1. The molecular weight excluding hydrogens is 576 g/mol. The quantitative estimate of drug-likeness (QED) is 0.0971. The van der Waals surface area contributed by atoms with Crippen molar-refractivity contribution in [2.75, 3.05) is 19.7 Å². The highest BCUT2D eigenvalue weighted by Crippen LogP contribution is 2.13. The number of phenolic OH excluding ortho intramolecular Hbond substituents is 1. The van der Waals surface area contributed by atoms with Gasteiger partial charge in [0.2, 0.25) is 35.4 Å².